The summed E-state index contributed by atoms with van der Waals surface area (Å²) in [4.78, 5) is 33.2. The van der Waals surface area contributed by atoms with Crippen LogP contribution in [0.1, 0.15) is 42.5 Å². The van der Waals surface area contributed by atoms with Crippen molar-refractivity contribution in [1.82, 2.24) is 20.0 Å². The zero-order valence-corrected chi connectivity index (χ0v) is 15.7. The number of carbonyl (C=O) groups is 2. The maximum absolute atomic E-state index is 12.8. The second kappa shape index (κ2) is 6.47. The van der Waals surface area contributed by atoms with Crippen LogP contribution in [0.15, 0.2) is 36.5 Å². The number of fused-ring (bicyclic) bond motifs is 4. The minimum Gasteiger partial charge on any atom is -0.366 e. The molecule has 3 heterocycles. The summed E-state index contributed by atoms with van der Waals surface area (Å²) in [6.07, 6.45) is 6.48. The fourth-order valence-electron chi connectivity index (χ4n) is 4.35. The van der Waals surface area contributed by atoms with E-state index in [0.717, 1.165) is 54.6 Å². The third kappa shape index (κ3) is 2.77. The van der Waals surface area contributed by atoms with Crippen molar-refractivity contribution in [3.8, 4) is 0 Å². The average Bonchev–Trinajstić information content (AvgIpc) is 3.11. The lowest BCUT2D eigenvalue weighted by molar-refractivity contribution is -0.131. The Bertz CT molecular complexity index is 1110. The van der Waals surface area contributed by atoms with Crippen molar-refractivity contribution in [2.45, 2.75) is 37.6 Å². The molecule has 2 amide bonds. The molecule has 0 saturated heterocycles. The summed E-state index contributed by atoms with van der Waals surface area (Å²) >= 11 is 0. The van der Waals surface area contributed by atoms with Crippen LogP contribution in [-0.4, -0.2) is 26.3 Å². The maximum atomic E-state index is 12.8. The molecular formula is C20H21N7O2. The fourth-order valence-corrected chi connectivity index (χ4v) is 4.35. The van der Waals surface area contributed by atoms with Crippen LogP contribution < -0.4 is 21.9 Å². The summed E-state index contributed by atoms with van der Waals surface area (Å²) in [5.74, 6) is 0.746. The van der Waals surface area contributed by atoms with Crippen LogP contribution in [0.2, 0.25) is 0 Å². The highest BCUT2D eigenvalue weighted by Gasteiger charge is 2.46. The molecule has 2 aliphatic rings. The summed E-state index contributed by atoms with van der Waals surface area (Å²) in [5.41, 5.74) is 12.4. The van der Waals surface area contributed by atoms with E-state index in [2.05, 4.69) is 21.2 Å². The van der Waals surface area contributed by atoms with Crippen LogP contribution in [0.3, 0.4) is 0 Å². The Labute approximate surface area is 166 Å². The van der Waals surface area contributed by atoms with Crippen molar-refractivity contribution in [3.63, 3.8) is 0 Å². The van der Waals surface area contributed by atoms with E-state index in [0.29, 0.717) is 11.5 Å². The highest BCUT2D eigenvalue weighted by molar-refractivity contribution is 5.94. The molecule has 0 atom stereocenters. The second-order valence-corrected chi connectivity index (χ2v) is 7.58. The quantitative estimate of drug-likeness (QED) is 0.543. The number of nitrogens with two attached hydrogens (primary N) is 1. The third-order valence-electron chi connectivity index (χ3n) is 5.80. The number of hydrogen-bond donors (Lipinski definition) is 4. The molecule has 5 rings (SSSR count). The minimum atomic E-state index is -0.616. The van der Waals surface area contributed by atoms with E-state index in [4.69, 9.17) is 10.7 Å². The molecule has 29 heavy (non-hydrogen) atoms. The number of hydrazine groups is 1. The molecule has 5 N–H and O–H groups in total. The highest BCUT2D eigenvalue weighted by atomic mass is 16.2. The lowest BCUT2D eigenvalue weighted by Gasteiger charge is -2.41. The number of aromatic nitrogens is 3. The van der Waals surface area contributed by atoms with Crippen LogP contribution >= 0.6 is 0 Å². The molecule has 1 saturated carbocycles. The molecule has 9 heteroatoms. The standard InChI is InChI=1S/C20H21N7O2/c21-16(28)12-4-6-14(7-5-12)23-19-22-11-13-10-15-25-26-18(29)20(8-2-1-3-9-20)27(15)17(13)24-19/h4-7,10-11,25H,1-3,8-9H2,(H2,21,28)(H,26,29)(H,22,23,24). The van der Waals surface area contributed by atoms with E-state index >= 15 is 0 Å². The largest absolute Gasteiger partial charge is 0.366 e. The predicted molar refractivity (Wildman–Crippen MR) is 109 cm³/mol. The molecule has 1 fully saturated rings. The number of anilines is 3. The molecular weight excluding hydrogens is 370 g/mol. The topological polar surface area (TPSA) is 127 Å². The summed E-state index contributed by atoms with van der Waals surface area (Å²) in [5, 5.41) is 4.02. The van der Waals surface area contributed by atoms with Gasteiger partial charge in [0.05, 0.1) is 0 Å². The summed E-state index contributed by atoms with van der Waals surface area (Å²) < 4.78 is 2.03. The monoisotopic (exact) mass is 391 g/mol. The van der Waals surface area contributed by atoms with Gasteiger partial charge in [-0.3, -0.25) is 25.0 Å². The van der Waals surface area contributed by atoms with E-state index in [1.54, 1.807) is 30.5 Å². The second-order valence-electron chi connectivity index (χ2n) is 7.58. The lowest BCUT2D eigenvalue weighted by atomic mass is 9.80. The number of amides is 2. The molecule has 0 unspecified atom stereocenters. The molecule has 3 aromatic rings. The Hall–Kier alpha value is -3.62. The number of nitrogens with one attached hydrogen (secondary N) is 3. The molecule has 1 aromatic carbocycles. The molecule has 1 spiro atoms. The van der Waals surface area contributed by atoms with Crippen molar-refractivity contribution in [2.24, 2.45) is 5.73 Å². The Morgan fingerprint density at radius 2 is 1.90 bits per heavy atom. The van der Waals surface area contributed by atoms with Crippen molar-refractivity contribution in [3.05, 3.63) is 42.1 Å². The number of carbonyl (C=O) groups excluding carboxylic acids is 2. The highest BCUT2D eigenvalue weighted by Crippen LogP contribution is 2.42. The Kier molecular flexibility index (Phi) is 3.90. The zero-order valence-electron chi connectivity index (χ0n) is 15.7. The Morgan fingerprint density at radius 1 is 1.14 bits per heavy atom. The van der Waals surface area contributed by atoms with Gasteiger partial charge in [0.15, 0.2) is 0 Å². The lowest BCUT2D eigenvalue weighted by Crippen LogP contribution is -2.55. The van der Waals surface area contributed by atoms with Crippen molar-refractivity contribution in [2.75, 3.05) is 10.7 Å². The minimum absolute atomic E-state index is 0.0163. The van der Waals surface area contributed by atoms with Crippen LogP contribution in [0, 0.1) is 0 Å². The first-order valence-corrected chi connectivity index (χ1v) is 9.69. The smallest absolute Gasteiger partial charge is 0.264 e. The maximum Gasteiger partial charge on any atom is 0.264 e. The van der Waals surface area contributed by atoms with E-state index in [1.807, 2.05) is 10.6 Å². The van der Waals surface area contributed by atoms with Crippen LogP contribution in [0.5, 0.6) is 0 Å². The van der Waals surface area contributed by atoms with Gasteiger partial charge in [0.25, 0.3) is 5.91 Å². The summed E-state index contributed by atoms with van der Waals surface area (Å²) in [6.45, 7) is 0. The number of primary amides is 1. The summed E-state index contributed by atoms with van der Waals surface area (Å²) in [7, 11) is 0. The van der Waals surface area contributed by atoms with Gasteiger partial charge in [0.2, 0.25) is 11.9 Å². The molecule has 1 aliphatic heterocycles. The molecule has 0 bridgehead atoms. The van der Waals surface area contributed by atoms with Gasteiger partial charge in [-0.05, 0) is 43.2 Å². The number of nitrogens with zero attached hydrogens (tertiary/aromatic N) is 3. The van der Waals surface area contributed by atoms with Gasteiger partial charge in [-0.25, -0.2) is 4.98 Å². The molecule has 2 aromatic heterocycles. The third-order valence-corrected chi connectivity index (χ3v) is 5.80. The number of rotatable bonds is 3. The first kappa shape index (κ1) is 17.5. The van der Waals surface area contributed by atoms with Gasteiger partial charge in [-0.15, -0.1) is 0 Å². The zero-order chi connectivity index (χ0) is 20.0. The van der Waals surface area contributed by atoms with E-state index in [9.17, 15) is 9.59 Å². The van der Waals surface area contributed by atoms with Gasteiger partial charge in [0.1, 0.15) is 17.0 Å². The molecule has 0 radical (unpaired) electrons. The van der Waals surface area contributed by atoms with Crippen molar-refractivity contribution in [1.29, 1.82) is 0 Å². The van der Waals surface area contributed by atoms with Gasteiger partial charge < -0.3 is 11.1 Å². The van der Waals surface area contributed by atoms with Crippen molar-refractivity contribution >= 4 is 40.3 Å². The van der Waals surface area contributed by atoms with Crippen LogP contribution in [0.25, 0.3) is 11.0 Å². The van der Waals surface area contributed by atoms with Crippen molar-refractivity contribution < 1.29 is 9.59 Å². The fraction of sp³-hybridized carbons (Fsp3) is 0.300. The van der Waals surface area contributed by atoms with Gasteiger partial charge in [-0.2, -0.15) is 4.98 Å². The predicted octanol–water partition coefficient (Wildman–Crippen LogP) is 2.39. The van der Waals surface area contributed by atoms with E-state index in [-0.39, 0.29) is 5.91 Å². The number of hydrogen-bond acceptors (Lipinski definition) is 6. The Balaban J connectivity index is 1.55. The van der Waals surface area contributed by atoms with Gasteiger partial charge in [0, 0.05) is 22.8 Å². The van der Waals surface area contributed by atoms with Crippen LogP contribution in [0.4, 0.5) is 17.5 Å². The first-order valence-electron chi connectivity index (χ1n) is 9.69. The van der Waals surface area contributed by atoms with E-state index in [1.165, 1.54) is 0 Å². The van der Waals surface area contributed by atoms with Gasteiger partial charge in [-0.1, -0.05) is 19.3 Å². The average molecular weight is 391 g/mol. The van der Waals surface area contributed by atoms with Gasteiger partial charge >= 0.3 is 0 Å². The normalized spacial score (nSPS) is 17.4. The SMILES string of the molecule is NC(=O)c1ccc(Nc2ncc3cc4n(c3n2)C2(CCCCC2)C(=O)NN4)cc1. The van der Waals surface area contributed by atoms with Crippen LogP contribution in [-0.2, 0) is 10.3 Å². The molecule has 9 nitrogen and oxygen atoms in total. The van der Waals surface area contributed by atoms with E-state index < -0.39 is 11.4 Å². The summed E-state index contributed by atoms with van der Waals surface area (Å²) in [6, 6.07) is 8.75. The first-order chi connectivity index (χ1) is 14.1. The Morgan fingerprint density at radius 3 is 2.62 bits per heavy atom. The molecule has 1 aliphatic carbocycles. The number of benzene rings is 1. The molecule has 148 valence electrons.